The van der Waals surface area contributed by atoms with Crippen molar-refractivity contribution in [2.24, 2.45) is 0 Å². The number of aromatic nitrogens is 2. The van der Waals surface area contributed by atoms with Crippen molar-refractivity contribution in [3.05, 3.63) is 60.4 Å². The van der Waals surface area contributed by atoms with Crippen molar-refractivity contribution in [3.63, 3.8) is 0 Å². The number of fused-ring (bicyclic) bond motifs is 1. The molecule has 1 aliphatic rings. The number of hydrogen-bond donors (Lipinski definition) is 2. The van der Waals surface area contributed by atoms with Crippen LogP contribution in [0.25, 0.3) is 0 Å². The highest BCUT2D eigenvalue weighted by atomic mass is 16.7. The molecule has 2 heterocycles. The first-order valence-electron chi connectivity index (χ1n) is 8.24. The Balaban J connectivity index is 1.52. The van der Waals surface area contributed by atoms with E-state index >= 15 is 0 Å². The van der Waals surface area contributed by atoms with Gasteiger partial charge in [0.05, 0.1) is 0 Å². The van der Waals surface area contributed by atoms with Gasteiger partial charge < -0.3 is 25.4 Å². The van der Waals surface area contributed by atoms with Crippen LogP contribution in [0.4, 0.5) is 23.0 Å². The molecule has 4 rings (SSSR count). The molecule has 2 aromatic carbocycles. The van der Waals surface area contributed by atoms with Crippen LogP contribution in [0.15, 0.2) is 54.9 Å². The van der Waals surface area contributed by atoms with Gasteiger partial charge in [-0.05, 0) is 29.8 Å². The molecule has 26 heavy (non-hydrogen) atoms. The second-order valence-corrected chi connectivity index (χ2v) is 5.90. The molecule has 0 fully saturated rings. The summed E-state index contributed by atoms with van der Waals surface area (Å²) in [6.45, 7) is 0.826. The smallest absolute Gasteiger partial charge is 0.231 e. The Morgan fingerprint density at radius 3 is 2.73 bits per heavy atom. The summed E-state index contributed by atoms with van der Waals surface area (Å²) in [5.41, 5.74) is 8.85. The standard InChI is InChI=1S/C19H19N5O2/c1-24(14-5-3-2-4-6-14)19-17(20)18(22-11-23-19)21-10-13-7-8-15-16(9-13)26-12-25-15/h2-9,11H,10,12,20H2,1H3,(H,21,22,23). The number of nitrogen functional groups attached to an aromatic ring is 1. The summed E-state index contributed by atoms with van der Waals surface area (Å²) in [6.07, 6.45) is 1.51. The normalized spacial score (nSPS) is 12.0. The number of ether oxygens (including phenoxy) is 2. The van der Waals surface area contributed by atoms with E-state index in [1.807, 2.05) is 60.5 Å². The Bertz CT molecular complexity index is 917. The molecular formula is C19H19N5O2. The third-order valence-corrected chi connectivity index (χ3v) is 4.22. The monoisotopic (exact) mass is 349 g/mol. The van der Waals surface area contributed by atoms with E-state index in [0.717, 1.165) is 22.7 Å². The summed E-state index contributed by atoms with van der Waals surface area (Å²) in [6, 6.07) is 15.8. The molecule has 0 unspecified atom stereocenters. The van der Waals surface area contributed by atoms with Crippen LogP contribution in [0, 0.1) is 0 Å². The van der Waals surface area contributed by atoms with Gasteiger partial charge in [0.25, 0.3) is 0 Å². The molecule has 0 atom stereocenters. The summed E-state index contributed by atoms with van der Waals surface area (Å²) < 4.78 is 10.7. The Labute approximate surface area is 151 Å². The zero-order chi connectivity index (χ0) is 17.9. The van der Waals surface area contributed by atoms with E-state index in [9.17, 15) is 0 Å². The van der Waals surface area contributed by atoms with Crippen LogP contribution in [-0.4, -0.2) is 23.8 Å². The van der Waals surface area contributed by atoms with Gasteiger partial charge in [-0.3, -0.25) is 0 Å². The van der Waals surface area contributed by atoms with Gasteiger partial charge in [-0.15, -0.1) is 0 Å². The third kappa shape index (κ3) is 3.06. The minimum Gasteiger partial charge on any atom is -0.454 e. The number of benzene rings is 2. The molecule has 3 aromatic rings. The van der Waals surface area contributed by atoms with Crippen molar-refractivity contribution < 1.29 is 9.47 Å². The van der Waals surface area contributed by atoms with Gasteiger partial charge >= 0.3 is 0 Å². The lowest BCUT2D eigenvalue weighted by Gasteiger charge is -2.21. The zero-order valence-corrected chi connectivity index (χ0v) is 14.3. The molecular weight excluding hydrogens is 330 g/mol. The number of nitrogens with two attached hydrogens (primary N) is 1. The van der Waals surface area contributed by atoms with Gasteiger partial charge in [-0.1, -0.05) is 24.3 Å². The third-order valence-electron chi connectivity index (χ3n) is 4.22. The molecule has 1 aromatic heterocycles. The van der Waals surface area contributed by atoms with Crippen molar-refractivity contribution in [1.29, 1.82) is 0 Å². The van der Waals surface area contributed by atoms with Crippen LogP contribution in [0.5, 0.6) is 11.5 Å². The first-order chi connectivity index (χ1) is 12.7. The highest BCUT2D eigenvalue weighted by Gasteiger charge is 2.15. The van der Waals surface area contributed by atoms with E-state index in [1.165, 1.54) is 6.33 Å². The molecule has 0 spiro atoms. The second kappa shape index (κ2) is 6.79. The average Bonchev–Trinajstić information content (AvgIpc) is 3.15. The SMILES string of the molecule is CN(c1ccccc1)c1ncnc(NCc2ccc3c(c2)OCO3)c1N. The Morgan fingerprint density at radius 2 is 1.88 bits per heavy atom. The van der Waals surface area contributed by atoms with E-state index in [-0.39, 0.29) is 6.79 Å². The number of anilines is 4. The number of nitrogens with zero attached hydrogens (tertiary/aromatic N) is 3. The van der Waals surface area contributed by atoms with Crippen LogP contribution in [0.2, 0.25) is 0 Å². The molecule has 0 bridgehead atoms. The lowest BCUT2D eigenvalue weighted by molar-refractivity contribution is 0.174. The van der Waals surface area contributed by atoms with Crippen molar-refractivity contribution in [2.75, 3.05) is 29.8 Å². The van der Waals surface area contributed by atoms with Gasteiger partial charge in [0.2, 0.25) is 6.79 Å². The zero-order valence-electron chi connectivity index (χ0n) is 14.3. The number of hydrogen-bond acceptors (Lipinski definition) is 7. The van der Waals surface area contributed by atoms with Crippen LogP contribution in [0.1, 0.15) is 5.56 Å². The fraction of sp³-hybridized carbons (Fsp3) is 0.158. The van der Waals surface area contributed by atoms with Crippen LogP contribution in [-0.2, 0) is 6.54 Å². The maximum Gasteiger partial charge on any atom is 0.231 e. The Kier molecular flexibility index (Phi) is 4.18. The van der Waals surface area contributed by atoms with Crippen LogP contribution < -0.4 is 25.4 Å². The van der Waals surface area contributed by atoms with E-state index in [1.54, 1.807) is 0 Å². The lowest BCUT2D eigenvalue weighted by atomic mass is 10.2. The van der Waals surface area contributed by atoms with Crippen LogP contribution >= 0.6 is 0 Å². The Morgan fingerprint density at radius 1 is 1.08 bits per heavy atom. The molecule has 0 radical (unpaired) electrons. The van der Waals surface area contributed by atoms with E-state index < -0.39 is 0 Å². The molecule has 132 valence electrons. The maximum atomic E-state index is 6.30. The highest BCUT2D eigenvalue weighted by Crippen LogP contribution is 2.33. The van der Waals surface area contributed by atoms with E-state index in [4.69, 9.17) is 15.2 Å². The minimum atomic E-state index is 0.264. The maximum absolute atomic E-state index is 6.30. The fourth-order valence-corrected chi connectivity index (χ4v) is 2.81. The molecule has 7 nitrogen and oxygen atoms in total. The Hall–Kier alpha value is -3.48. The highest BCUT2D eigenvalue weighted by molar-refractivity contribution is 5.78. The molecule has 0 saturated carbocycles. The topological polar surface area (TPSA) is 85.5 Å². The molecule has 7 heteroatoms. The van der Waals surface area contributed by atoms with Crippen molar-refractivity contribution >= 4 is 23.0 Å². The van der Waals surface area contributed by atoms with Crippen molar-refractivity contribution in [1.82, 2.24) is 9.97 Å². The predicted molar refractivity (Wildman–Crippen MR) is 101 cm³/mol. The van der Waals surface area contributed by atoms with Gasteiger partial charge in [0.15, 0.2) is 23.1 Å². The quantitative estimate of drug-likeness (QED) is 0.732. The first kappa shape index (κ1) is 16.0. The summed E-state index contributed by atoms with van der Waals surface area (Å²) in [5.74, 6) is 2.77. The summed E-state index contributed by atoms with van der Waals surface area (Å²) in [5, 5.41) is 3.27. The van der Waals surface area contributed by atoms with Gasteiger partial charge in [0.1, 0.15) is 12.0 Å². The minimum absolute atomic E-state index is 0.264. The molecule has 3 N–H and O–H groups in total. The van der Waals surface area contributed by atoms with Gasteiger partial charge in [-0.25, -0.2) is 9.97 Å². The molecule has 0 aliphatic carbocycles. The molecule has 0 amide bonds. The summed E-state index contributed by atoms with van der Waals surface area (Å²) in [7, 11) is 1.93. The first-order valence-corrected chi connectivity index (χ1v) is 8.24. The van der Waals surface area contributed by atoms with Crippen LogP contribution in [0.3, 0.4) is 0 Å². The molecule has 0 saturated heterocycles. The average molecular weight is 349 g/mol. The largest absolute Gasteiger partial charge is 0.454 e. The van der Waals surface area contributed by atoms with E-state index in [2.05, 4.69) is 15.3 Å². The van der Waals surface area contributed by atoms with Gasteiger partial charge in [0, 0.05) is 19.3 Å². The summed E-state index contributed by atoms with van der Waals surface area (Å²) in [4.78, 5) is 10.5. The molecule has 1 aliphatic heterocycles. The van der Waals surface area contributed by atoms with Crippen molar-refractivity contribution in [3.8, 4) is 11.5 Å². The van der Waals surface area contributed by atoms with Gasteiger partial charge in [-0.2, -0.15) is 0 Å². The number of nitrogens with one attached hydrogen (secondary N) is 1. The second-order valence-electron chi connectivity index (χ2n) is 5.90. The fourth-order valence-electron chi connectivity index (χ4n) is 2.81. The van der Waals surface area contributed by atoms with Crippen molar-refractivity contribution in [2.45, 2.75) is 6.54 Å². The lowest BCUT2D eigenvalue weighted by Crippen LogP contribution is -2.15. The predicted octanol–water partition coefficient (Wildman–Crippen LogP) is 3.17. The summed E-state index contributed by atoms with van der Waals surface area (Å²) >= 11 is 0. The number of rotatable bonds is 5. The number of para-hydroxylation sites is 1. The van der Waals surface area contributed by atoms with E-state index in [0.29, 0.717) is 23.9 Å².